The lowest BCUT2D eigenvalue weighted by Crippen LogP contribution is -2.18. The van der Waals surface area contributed by atoms with Crippen LogP contribution in [0.25, 0.3) is 0 Å². The van der Waals surface area contributed by atoms with Gasteiger partial charge in [-0.1, -0.05) is 15.9 Å². The van der Waals surface area contributed by atoms with E-state index in [9.17, 15) is 13.9 Å². The molecule has 0 radical (unpaired) electrons. The van der Waals surface area contributed by atoms with Crippen LogP contribution in [0.5, 0.6) is 0 Å². The van der Waals surface area contributed by atoms with Gasteiger partial charge in [0, 0.05) is 16.6 Å². The molecular formula is C9H10BrF2NO. The van der Waals surface area contributed by atoms with Crippen LogP contribution in [-0.4, -0.2) is 18.7 Å². The van der Waals surface area contributed by atoms with Crippen molar-refractivity contribution >= 4 is 15.9 Å². The summed E-state index contributed by atoms with van der Waals surface area (Å²) in [5.74, 6) is -1.97. The van der Waals surface area contributed by atoms with Crippen molar-refractivity contribution in [3.63, 3.8) is 0 Å². The SMILES string of the molecule is CNCC(O)c1cc(Br)cc(F)c1F. The largest absolute Gasteiger partial charge is 0.387 e. The second-order valence-corrected chi connectivity index (χ2v) is 3.78. The van der Waals surface area contributed by atoms with Crippen LogP contribution in [-0.2, 0) is 0 Å². The van der Waals surface area contributed by atoms with E-state index in [1.54, 1.807) is 7.05 Å². The van der Waals surface area contributed by atoms with Gasteiger partial charge in [-0.05, 0) is 19.2 Å². The van der Waals surface area contributed by atoms with Gasteiger partial charge in [-0.3, -0.25) is 0 Å². The summed E-state index contributed by atoms with van der Waals surface area (Å²) in [5, 5.41) is 12.1. The number of hydrogen-bond donors (Lipinski definition) is 2. The average Bonchev–Trinajstić information content (AvgIpc) is 2.11. The van der Waals surface area contributed by atoms with Crippen LogP contribution < -0.4 is 5.32 Å². The molecule has 0 saturated carbocycles. The molecule has 0 aliphatic rings. The third kappa shape index (κ3) is 2.50. The molecule has 0 bridgehead atoms. The number of benzene rings is 1. The summed E-state index contributed by atoms with van der Waals surface area (Å²) in [5.41, 5.74) is -0.0498. The summed E-state index contributed by atoms with van der Waals surface area (Å²) in [7, 11) is 1.62. The lowest BCUT2D eigenvalue weighted by Gasteiger charge is -2.12. The number of rotatable bonds is 3. The molecule has 0 spiro atoms. The Morgan fingerprint density at radius 3 is 2.71 bits per heavy atom. The van der Waals surface area contributed by atoms with Gasteiger partial charge in [-0.2, -0.15) is 0 Å². The van der Waals surface area contributed by atoms with Crippen molar-refractivity contribution in [1.29, 1.82) is 0 Å². The second-order valence-electron chi connectivity index (χ2n) is 2.86. The monoisotopic (exact) mass is 265 g/mol. The number of nitrogens with one attached hydrogen (secondary N) is 1. The fourth-order valence-corrected chi connectivity index (χ4v) is 1.57. The van der Waals surface area contributed by atoms with Crippen LogP contribution in [0.15, 0.2) is 16.6 Å². The molecule has 1 aromatic carbocycles. The van der Waals surface area contributed by atoms with Crippen molar-refractivity contribution in [2.45, 2.75) is 6.10 Å². The van der Waals surface area contributed by atoms with Crippen LogP contribution in [0.4, 0.5) is 8.78 Å². The topological polar surface area (TPSA) is 32.3 Å². The van der Waals surface area contributed by atoms with Gasteiger partial charge in [-0.25, -0.2) is 8.78 Å². The molecule has 0 amide bonds. The first-order valence-corrected chi connectivity index (χ1v) is 4.82. The van der Waals surface area contributed by atoms with Gasteiger partial charge in [0.15, 0.2) is 11.6 Å². The minimum Gasteiger partial charge on any atom is -0.387 e. The standard InChI is InChI=1S/C9H10BrF2NO/c1-13-4-8(14)6-2-5(10)3-7(11)9(6)12/h2-3,8,13-14H,4H2,1H3. The smallest absolute Gasteiger partial charge is 0.164 e. The lowest BCUT2D eigenvalue weighted by molar-refractivity contribution is 0.171. The average molecular weight is 266 g/mol. The first kappa shape index (κ1) is 11.6. The van der Waals surface area contributed by atoms with Gasteiger partial charge in [0.2, 0.25) is 0 Å². The minimum absolute atomic E-state index is 0.0498. The van der Waals surface area contributed by atoms with E-state index in [-0.39, 0.29) is 12.1 Å². The summed E-state index contributed by atoms with van der Waals surface area (Å²) in [6.45, 7) is 0.173. The maximum absolute atomic E-state index is 13.2. The third-order valence-electron chi connectivity index (χ3n) is 1.78. The van der Waals surface area contributed by atoms with Gasteiger partial charge in [-0.15, -0.1) is 0 Å². The molecule has 1 rings (SSSR count). The Morgan fingerprint density at radius 2 is 2.14 bits per heavy atom. The van der Waals surface area contributed by atoms with Crippen molar-refractivity contribution in [1.82, 2.24) is 5.32 Å². The van der Waals surface area contributed by atoms with Crippen LogP contribution in [0, 0.1) is 11.6 Å². The van der Waals surface area contributed by atoms with E-state index in [2.05, 4.69) is 21.2 Å². The normalized spacial score (nSPS) is 12.9. The molecule has 1 unspecified atom stereocenters. The predicted molar refractivity (Wildman–Crippen MR) is 52.9 cm³/mol. The maximum Gasteiger partial charge on any atom is 0.164 e. The van der Waals surface area contributed by atoms with E-state index in [0.717, 1.165) is 6.07 Å². The Bertz CT molecular complexity index is 333. The molecule has 14 heavy (non-hydrogen) atoms. The molecule has 0 fully saturated rings. The fraction of sp³-hybridized carbons (Fsp3) is 0.333. The van der Waals surface area contributed by atoms with E-state index in [1.165, 1.54) is 6.07 Å². The van der Waals surface area contributed by atoms with Crippen LogP contribution in [0.3, 0.4) is 0 Å². The third-order valence-corrected chi connectivity index (χ3v) is 2.24. The summed E-state index contributed by atoms with van der Waals surface area (Å²) >= 11 is 3.03. The van der Waals surface area contributed by atoms with Crippen molar-refractivity contribution in [2.75, 3.05) is 13.6 Å². The van der Waals surface area contributed by atoms with Crippen LogP contribution in [0.1, 0.15) is 11.7 Å². The summed E-state index contributed by atoms with van der Waals surface area (Å²) < 4.78 is 26.5. The number of likely N-dealkylation sites (N-methyl/N-ethyl adjacent to an activating group) is 1. The predicted octanol–water partition coefficient (Wildman–Crippen LogP) is 1.98. The molecule has 5 heteroatoms. The van der Waals surface area contributed by atoms with Gasteiger partial charge < -0.3 is 10.4 Å². The summed E-state index contributed by atoms with van der Waals surface area (Å²) in [6, 6.07) is 2.38. The zero-order chi connectivity index (χ0) is 10.7. The molecule has 1 atom stereocenters. The number of aliphatic hydroxyl groups is 1. The highest BCUT2D eigenvalue weighted by Crippen LogP contribution is 2.23. The van der Waals surface area contributed by atoms with Crippen molar-refractivity contribution in [3.05, 3.63) is 33.8 Å². The van der Waals surface area contributed by atoms with Crippen LogP contribution >= 0.6 is 15.9 Å². The van der Waals surface area contributed by atoms with Crippen molar-refractivity contribution in [2.24, 2.45) is 0 Å². The molecule has 78 valence electrons. The first-order chi connectivity index (χ1) is 6.56. The van der Waals surface area contributed by atoms with Gasteiger partial charge in [0.1, 0.15) is 0 Å². The highest BCUT2D eigenvalue weighted by atomic mass is 79.9. The van der Waals surface area contributed by atoms with Crippen molar-refractivity contribution in [3.8, 4) is 0 Å². The lowest BCUT2D eigenvalue weighted by atomic mass is 10.1. The Hall–Kier alpha value is -0.520. The molecule has 0 heterocycles. The molecule has 1 aromatic rings. The zero-order valence-corrected chi connectivity index (χ0v) is 9.11. The number of hydrogen-bond acceptors (Lipinski definition) is 2. The van der Waals surface area contributed by atoms with E-state index >= 15 is 0 Å². The van der Waals surface area contributed by atoms with E-state index in [4.69, 9.17) is 0 Å². The minimum atomic E-state index is -1.05. The Kier molecular flexibility index (Phi) is 3.97. The Morgan fingerprint density at radius 1 is 1.50 bits per heavy atom. The molecule has 0 aliphatic carbocycles. The van der Waals surface area contributed by atoms with Gasteiger partial charge in [0.05, 0.1) is 6.10 Å². The van der Waals surface area contributed by atoms with E-state index in [0.29, 0.717) is 4.47 Å². The Labute approximate surface area is 89.1 Å². The molecule has 0 aromatic heterocycles. The molecule has 2 nitrogen and oxygen atoms in total. The maximum atomic E-state index is 13.2. The highest BCUT2D eigenvalue weighted by Gasteiger charge is 2.16. The molecule has 0 aliphatic heterocycles. The second kappa shape index (κ2) is 4.82. The van der Waals surface area contributed by atoms with E-state index < -0.39 is 17.7 Å². The first-order valence-electron chi connectivity index (χ1n) is 4.03. The highest BCUT2D eigenvalue weighted by molar-refractivity contribution is 9.10. The van der Waals surface area contributed by atoms with E-state index in [1.807, 2.05) is 0 Å². The molecule has 0 saturated heterocycles. The van der Waals surface area contributed by atoms with Crippen LogP contribution in [0.2, 0.25) is 0 Å². The fourth-order valence-electron chi connectivity index (χ4n) is 1.12. The summed E-state index contributed by atoms with van der Waals surface area (Å²) in [4.78, 5) is 0. The van der Waals surface area contributed by atoms with Gasteiger partial charge >= 0.3 is 0 Å². The van der Waals surface area contributed by atoms with Crippen molar-refractivity contribution < 1.29 is 13.9 Å². The van der Waals surface area contributed by atoms with Gasteiger partial charge in [0.25, 0.3) is 0 Å². The number of aliphatic hydroxyl groups excluding tert-OH is 1. The quantitative estimate of drug-likeness (QED) is 0.820. The Balaban J connectivity index is 3.07. The molecule has 2 N–H and O–H groups in total. The number of halogens is 3. The molecular weight excluding hydrogens is 256 g/mol. The summed E-state index contributed by atoms with van der Waals surface area (Å²) in [6.07, 6.45) is -1.05. The zero-order valence-electron chi connectivity index (χ0n) is 7.52.